The molecule has 16 heavy (non-hydrogen) atoms. The van der Waals surface area contributed by atoms with Gasteiger partial charge in [-0.25, -0.2) is 13.2 Å². The van der Waals surface area contributed by atoms with Crippen LogP contribution < -0.4 is 0 Å². The van der Waals surface area contributed by atoms with Gasteiger partial charge in [0.2, 0.25) is 0 Å². The van der Waals surface area contributed by atoms with E-state index in [4.69, 9.17) is 0 Å². The van der Waals surface area contributed by atoms with Gasteiger partial charge in [-0.15, -0.1) is 0 Å². The van der Waals surface area contributed by atoms with E-state index in [1.54, 1.807) is 0 Å². The molecule has 0 aliphatic carbocycles. The van der Waals surface area contributed by atoms with Gasteiger partial charge < -0.3 is 4.74 Å². The molecule has 0 saturated heterocycles. The quantitative estimate of drug-likeness (QED) is 0.805. The van der Waals surface area contributed by atoms with E-state index in [0.29, 0.717) is 0 Å². The summed E-state index contributed by atoms with van der Waals surface area (Å²) in [5.41, 5.74) is -1.19. The van der Waals surface area contributed by atoms with E-state index in [-0.39, 0.29) is 10.2 Å². The van der Waals surface area contributed by atoms with Crippen molar-refractivity contribution in [3.63, 3.8) is 0 Å². The Balaban J connectivity index is 3.18. The van der Waals surface area contributed by atoms with E-state index >= 15 is 0 Å². The third-order valence-corrected chi connectivity index (χ3v) is 2.40. The van der Waals surface area contributed by atoms with E-state index in [2.05, 4.69) is 25.7 Å². The maximum absolute atomic E-state index is 13.3. The normalized spacial score (nSPS) is 10.6. The number of methoxy groups -OCH3 is 1. The number of aromatic nitrogens is 1. The Hall–Kier alpha value is -1.11. The first-order valence-corrected chi connectivity index (χ1v) is 4.94. The van der Waals surface area contributed by atoms with E-state index in [9.17, 15) is 18.0 Å². The zero-order chi connectivity index (χ0) is 12.3. The summed E-state index contributed by atoms with van der Waals surface area (Å²) in [5, 5.41) is 0. The van der Waals surface area contributed by atoms with Gasteiger partial charge in [-0.1, -0.05) is 0 Å². The molecule has 7 heteroatoms. The maximum atomic E-state index is 13.3. The summed E-state index contributed by atoms with van der Waals surface area (Å²) in [4.78, 5) is 14.5. The smallest absolute Gasteiger partial charge is 0.311 e. The number of halogens is 4. The molecule has 1 heterocycles. The Morgan fingerprint density at radius 2 is 2.25 bits per heavy atom. The van der Waals surface area contributed by atoms with Crippen LogP contribution in [0, 0.1) is 5.82 Å². The molecule has 1 aromatic heterocycles. The van der Waals surface area contributed by atoms with Crippen molar-refractivity contribution in [3.05, 3.63) is 27.7 Å². The lowest BCUT2D eigenvalue weighted by Crippen LogP contribution is -2.11. The number of ether oxygens (including phenoxy) is 1. The van der Waals surface area contributed by atoms with Crippen LogP contribution in [0.25, 0.3) is 0 Å². The van der Waals surface area contributed by atoms with Crippen LogP contribution in [0.2, 0.25) is 0 Å². The molecule has 0 atom stereocenters. The van der Waals surface area contributed by atoms with Crippen LogP contribution in [0.1, 0.15) is 17.7 Å². The fourth-order valence-corrected chi connectivity index (χ4v) is 1.40. The Morgan fingerprint density at radius 1 is 1.62 bits per heavy atom. The lowest BCUT2D eigenvalue weighted by Gasteiger charge is -2.09. The van der Waals surface area contributed by atoms with E-state index < -0.39 is 30.2 Å². The summed E-state index contributed by atoms with van der Waals surface area (Å²) in [7, 11) is 1.11. The molecular weight excluding hydrogens is 291 g/mol. The summed E-state index contributed by atoms with van der Waals surface area (Å²) in [5.74, 6) is -1.86. The van der Waals surface area contributed by atoms with Crippen LogP contribution in [0.15, 0.2) is 10.7 Å². The molecule has 0 bridgehead atoms. The van der Waals surface area contributed by atoms with Gasteiger partial charge in [-0.2, -0.15) is 0 Å². The molecule has 0 aliphatic rings. The Labute approximate surface area is 97.8 Å². The second-order valence-electron chi connectivity index (χ2n) is 2.83. The zero-order valence-electron chi connectivity index (χ0n) is 8.14. The second-order valence-corrected chi connectivity index (χ2v) is 3.69. The number of nitrogens with zero attached hydrogens (tertiary/aromatic N) is 1. The van der Waals surface area contributed by atoms with Crippen LogP contribution in [0.5, 0.6) is 0 Å². The SMILES string of the molecule is COC(=O)Cc1ncc(Br)c(F)c1C(F)F. The van der Waals surface area contributed by atoms with E-state index in [1.807, 2.05) is 0 Å². The zero-order valence-corrected chi connectivity index (χ0v) is 9.72. The van der Waals surface area contributed by atoms with E-state index in [0.717, 1.165) is 13.3 Å². The van der Waals surface area contributed by atoms with Crippen LogP contribution in [0.4, 0.5) is 13.2 Å². The highest BCUT2D eigenvalue weighted by molar-refractivity contribution is 9.10. The van der Waals surface area contributed by atoms with Gasteiger partial charge in [0.25, 0.3) is 6.43 Å². The average Bonchev–Trinajstić information content (AvgIpc) is 2.23. The molecule has 0 aromatic carbocycles. The van der Waals surface area contributed by atoms with Crippen LogP contribution in [0.3, 0.4) is 0 Å². The van der Waals surface area contributed by atoms with Gasteiger partial charge in [0.05, 0.1) is 29.3 Å². The van der Waals surface area contributed by atoms with Crippen molar-refractivity contribution in [1.82, 2.24) is 4.98 Å². The minimum atomic E-state index is -3.04. The monoisotopic (exact) mass is 297 g/mol. The third kappa shape index (κ3) is 2.72. The molecule has 0 amide bonds. The third-order valence-electron chi connectivity index (χ3n) is 1.85. The first-order chi connectivity index (χ1) is 7.47. The largest absolute Gasteiger partial charge is 0.469 e. The molecule has 0 N–H and O–H groups in total. The molecular formula is C9H7BrF3NO2. The average molecular weight is 298 g/mol. The molecule has 0 aliphatic heterocycles. The maximum Gasteiger partial charge on any atom is 0.311 e. The van der Waals surface area contributed by atoms with Gasteiger partial charge in [0.15, 0.2) is 0 Å². The molecule has 0 saturated carbocycles. The number of hydrogen-bond acceptors (Lipinski definition) is 3. The molecule has 3 nitrogen and oxygen atoms in total. The Kier molecular flexibility index (Phi) is 4.28. The summed E-state index contributed by atoms with van der Waals surface area (Å²) in [6.45, 7) is 0. The van der Waals surface area contributed by atoms with Gasteiger partial charge >= 0.3 is 5.97 Å². The number of esters is 1. The molecule has 0 unspecified atom stereocenters. The van der Waals surface area contributed by atoms with Gasteiger partial charge in [-0.05, 0) is 15.9 Å². The minimum Gasteiger partial charge on any atom is -0.469 e. The first-order valence-electron chi connectivity index (χ1n) is 4.15. The Morgan fingerprint density at radius 3 is 2.75 bits per heavy atom. The number of carbonyl (C=O) groups is 1. The molecule has 0 radical (unpaired) electrons. The summed E-state index contributed by atoms with van der Waals surface area (Å²) < 4.78 is 42.6. The van der Waals surface area contributed by atoms with Crippen molar-refractivity contribution < 1.29 is 22.7 Å². The number of hydrogen-bond donors (Lipinski definition) is 0. The topological polar surface area (TPSA) is 39.2 Å². The predicted molar refractivity (Wildman–Crippen MR) is 52.6 cm³/mol. The standard InChI is InChI=1S/C9H7BrF3NO2/c1-16-6(15)2-5-7(9(12)13)8(11)4(10)3-14-5/h3,9H,2H2,1H3. The second kappa shape index (κ2) is 5.29. The summed E-state index contributed by atoms with van der Waals surface area (Å²) in [6, 6.07) is 0. The molecule has 1 rings (SSSR count). The summed E-state index contributed by atoms with van der Waals surface area (Å²) >= 11 is 2.74. The van der Waals surface area contributed by atoms with Crippen LogP contribution in [-0.4, -0.2) is 18.1 Å². The first kappa shape index (κ1) is 13.0. The lowest BCUT2D eigenvalue weighted by molar-refractivity contribution is -0.139. The van der Waals surface area contributed by atoms with Crippen molar-refractivity contribution in [2.45, 2.75) is 12.8 Å². The Bertz CT molecular complexity index is 412. The van der Waals surface area contributed by atoms with Crippen molar-refractivity contribution in [1.29, 1.82) is 0 Å². The number of alkyl halides is 2. The van der Waals surface area contributed by atoms with Crippen molar-refractivity contribution in [2.75, 3.05) is 7.11 Å². The molecule has 88 valence electrons. The number of carbonyl (C=O) groups excluding carboxylic acids is 1. The fourth-order valence-electron chi connectivity index (χ4n) is 1.09. The predicted octanol–water partition coefficient (Wildman–Crippen LogP) is 2.64. The highest BCUT2D eigenvalue weighted by Crippen LogP contribution is 2.29. The highest BCUT2D eigenvalue weighted by atomic mass is 79.9. The van der Waals surface area contributed by atoms with Gasteiger partial charge in [0, 0.05) is 6.20 Å². The van der Waals surface area contributed by atoms with Gasteiger partial charge in [0.1, 0.15) is 5.82 Å². The molecule has 1 aromatic rings. The minimum absolute atomic E-state index is 0.170. The van der Waals surface area contributed by atoms with Crippen molar-refractivity contribution >= 4 is 21.9 Å². The van der Waals surface area contributed by atoms with Gasteiger partial charge in [-0.3, -0.25) is 9.78 Å². The molecule has 0 spiro atoms. The number of rotatable bonds is 3. The van der Waals surface area contributed by atoms with E-state index in [1.165, 1.54) is 0 Å². The summed E-state index contributed by atoms with van der Waals surface area (Å²) in [6.07, 6.45) is -2.50. The van der Waals surface area contributed by atoms with Crippen molar-refractivity contribution in [2.24, 2.45) is 0 Å². The highest BCUT2D eigenvalue weighted by Gasteiger charge is 2.23. The number of pyridine rings is 1. The van der Waals surface area contributed by atoms with Crippen LogP contribution in [-0.2, 0) is 16.0 Å². The fraction of sp³-hybridized carbons (Fsp3) is 0.333. The van der Waals surface area contributed by atoms with Crippen LogP contribution >= 0.6 is 15.9 Å². The van der Waals surface area contributed by atoms with Crippen molar-refractivity contribution in [3.8, 4) is 0 Å². The lowest BCUT2D eigenvalue weighted by atomic mass is 10.1. The molecule has 0 fully saturated rings.